The lowest BCUT2D eigenvalue weighted by atomic mass is 10.2. The summed E-state index contributed by atoms with van der Waals surface area (Å²) >= 11 is 0. The molecule has 0 unspecified atom stereocenters. The van der Waals surface area contributed by atoms with Crippen LogP contribution >= 0.6 is 0 Å². The summed E-state index contributed by atoms with van der Waals surface area (Å²) in [6.45, 7) is 9.53. The fraction of sp³-hybridized carbons (Fsp3) is 0.360. The van der Waals surface area contributed by atoms with Crippen molar-refractivity contribution in [3.05, 3.63) is 48.0 Å². The van der Waals surface area contributed by atoms with E-state index in [0.29, 0.717) is 29.3 Å². The number of rotatable bonds is 6. The van der Waals surface area contributed by atoms with Gasteiger partial charge in [-0.15, -0.1) is 0 Å². The monoisotopic (exact) mass is 465 g/mol. The molecular weight excluding hydrogens is 434 g/mol. The van der Waals surface area contributed by atoms with E-state index in [-0.39, 0.29) is 11.8 Å². The van der Waals surface area contributed by atoms with E-state index in [1.54, 1.807) is 57.0 Å². The number of hydrogen-bond donors (Lipinski definition) is 2. The Morgan fingerprint density at radius 1 is 1.09 bits per heavy atom. The minimum absolute atomic E-state index is 0.0826. The van der Waals surface area contributed by atoms with Gasteiger partial charge in [-0.2, -0.15) is 0 Å². The molecule has 0 bridgehead atoms. The molecule has 0 radical (unpaired) electrons. The highest BCUT2D eigenvalue weighted by Gasteiger charge is 2.18. The van der Waals surface area contributed by atoms with Crippen LogP contribution in [0.1, 0.15) is 51.4 Å². The molecule has 3 aromatic rings. The lowest BCUT2D eigenvalue weighted by Gasteiger charge is -2.19. The number of ether oxygens (including phenoxy) is 1. The Morgan fingerprint density at radius 3 is 2.47 bits per heavy atom. The van der Waals surface area contributed by atoms with Gasteiger partial charge in [0.05, 0.1) is 11.0 Å². The van der Waals surface area contributed by atoms with E-state index in [0.717, 1.165) is 17.6 Å². The molecule has 0 aliphatic heterocycles. The molecular formula is C25H31N5O4. The number of aromatic nitrogens is 2. The molecule has 0 saturated carbocycles. The third kappa shape index (κ3) is 5.92. The van der Waals surface area contributed by atoms with E-state index in [4.69, 9.17) is 4.74 Å². The number of carbonyl (C=O) groups excluding carboxylic acids is 3. The molecule has 0 fully saturated rings. The van der Waals surface area contributed by atoms with Gasteiger partial charge in [-0.05, 0) is 63.6 Å². The van der Waals surface area contributed by atoms with Crippen LogP contribution in [0.3, 0.4) is 0 Å². The summed E-state index contributed by atoms with van der Waals surface area (Å²) in [5.74, 6) is -0.0303. The van der Waals surface area contributed by atoms with Crippen LogP contribution in [0.4, 0.5) is 22.1 Å². The predicted molar refractivity (Wildman–Crippen MR) is 133 cm³/mol. The molecule has 1 aromatic heterocycles. The van der Waals surface area contributed by atoms with Crippen LogP contribution in [0.15, 0.2) is 42.5 Å². The van der Waals surface area contributed by atoms with Gasteiger partial charge in [0.2, 0.25) is 11.9 Å². The van der Waals surface area contributed by atoms with Gasteiger partial charge in [-0.3, -0.25) is 20.2 Å². The summed E-state index contributed by atoms with van der Waals surface area (Å²) in [6, 6.07) is 12.2. The molecule has 180 valence electrons. The maximum atomic E-state index is 13.0. The number of aryl methyl sites for hydroxylation is 1. The molecule has 2 N–H and O–H groups in total. The second-order valence-corrected chi connectivity index (χ2v) is 9.00. The predicted octanol–water partition coefficient (Wildman–Crippen LogP) is 5.03. The summed E-state index contributed by atoms with van der Waals surface area (Å²) < 4.78 is 7.20. The zero-order valence-corrected chi connectivity index (χ0v) is 20.4. The molecule has 9 heteroatoms. The van der Waals surface area contributed by atoms with Gasteiger partial charge >= 0.3 is 6.09 Å². The minimum Gasteiger partial charge on any atom is -0.444 e. The highest BCUT2D eigenvalue weighted by Crippen LogP contribution is 2.26. The van der Waals surface area contributed by atoms with E-state index in [1.165, 1.54) is 6.92 Å². The summed E-state index contributed by atoms with van der Waals surface area (Å²) in [5.41, 5.74) is 2.44. The third-order valence-corrected chi connectivity index (χ3v) is 5.03. The number of nitrogens with zero attached hydrogens (tertiary/aromatic N) is 3. The molecule has 1 heterocycles. The van der Waals surface area contributed by atoms with Crippen molar-refractivity contribution >= 4 is 46.3 Å². The molecule has 0 aliphatic carbocycles. The van der Waals surface area contributed by atoms with Gasteiger partial charge in [0.15, 0.2) is 0 Å². The summed E-state index contributed by atoms with van der Waals surface area (Å²) in [4.78, 5) is 43.0. The van der Waals surface area contributed by atoms with Gasteiger partial charge < -0.3 is 14.2 Å². The zero-order valence-electron chi connectivity index (χ0n) is 20.4. The van der Waals surface area contributed by atoms with Crippen LogP contribution in [-0.4, -0.2) is 40.1 Å². The molecule has 34 heavy (non-hydrogen) atoms. The maximum Gasteiger partial charge on any atom is 0.412 e. The lowest BCUT2D eigenvalue weighted by molar-refractivity contribution is -0.116. The highest BCUT2D eigenvalue weighted by atomic mass is 16.6. The quantitative estimate of drug-likeness (QED) is 0.531. The third-order valence-electron chi connectivity index (χ3n) is 5.03. The molecule has 9 nitrogen and oxygen atoms in total. The van der Waals surface area contributed by atoms with Crippen LogP contribution in [-0.2, 0) is 16.1 Å². The summed E-state index contributed by atoms with van der Waals surface area (Å²) in [7, 11) is 1.70. The fourth-order valence-electron chi connectivity index (χ4n) is 3.39. The standard InChI is InChI=1S/C25H31N5O4/c1-7-13-30-21-12-11-19(29(6)16(2)31)15-20(21)27-23(30)28-22(32)17-9-8-10-18(14-17)26-24(33)34-25(3,4)5/h8-12,14-15H,7,13H2,1-6H3,(H,26,33)(H,27,28,32). The fourth-order valence-corrected chi connectivity index (χ4v) is 3.39. The number of amides is 3. The first-order valence-corrected chi connectivity index (χ1v) is 11.1. The average Bonchev–Trinajstić information content (AvgIpc) is 3.08. The van der Waals surface area contributed by atoms with Crippen LogP contribution in [0.2, 0.25) is 0 Å². The Morgan fingerprint density at radius 2 is 1.82 bits per heavy atom. The zero-order chi connectivity index (χ0) is 25.0. The van der Waals surface area contributed by atoms with Crippen LogP contribution < -0.4 is 15.5 Å². The van der Waals surface area contributed by atoms with Crippen LogP contribution in [0.25, 0.3) is 11.0 Å². The first-order chi connectivity index (χ1) is 16.0. The molecule has 0 spiro atoms. The largest absolute Gasteiger partial charge is 0.444 e. The molecule has 0 saturated heterocycles. The van der Waals surface area contributed by atoms with Gasteiger partial charge in [-0.25, -0.2) is 9.78 Å². The second-order valence-electron chi connectivity index (χ2n) is 9.00. The van der Waals surface area contributed by atoms with Gasteiger partial charge in [-0.1, -0.05) is 13.0 Å². The molecule has 2 aromatic carbocycles. The normalized spacial score (nSPS) is 11.2. The van der Waals surface area contributed by atoms with E-state index in [9.17, 15) is 14.4 Å². The first kappa shape index (κ1) is 24.8. The van der Waals surface area contributed by atoms with Gasteiger partial charge in [0.25, 0.3) is 5.91 Å². The number of benzene rings is 2. The molecule has 0 atom stereocenters. The number of anilines is 3. The van der Waals surface area contributed by atoms with Crippen LogP contribution in [0.5, 0.6) is 0 Å². The summed E-state index contributed by atoms with van der Waals surface area (Å²) in [6.07, 6.45) is 0.250. The number of nitrogens with one attached hydrogen (secondary N) is 2. The van der Waals surface area contributed by atoms with Gasteiger partial charge in [0, 0.05) is 37.5 Å². The number of carbonyl (C=O) groups is 3. The molecule has 3 amide bonds. The Hall–Kier alpha value is -3.88. The van der Waals surface area contributed by atoms with Crippen molar-refractivity contribution in [1.29, 1.82) is 0 Å². The molecule has 3 rings (SSSR count). The van der Waals surface area contributed by atoms with Crippen molar-refractivity contribution in [1.82, 2.24) is 9.55 Å². The van der Waals surface area contributed by atoms with Gasteiger partial charge in [0.1, 0.15) is 5.60 Å². The number of fused-ring (bicyclic) bond motifs is 1. The Balaban J connectivity index is 1.85. The maximum absolute atomic E-state index is 13.0. The topological polar surface area (TPSA) is 106 Å². The minimum atomic E-state index is -0.628. The van der Waals surface area contributed by atoms with Crippen molar-refractivity contribution in [3.8, 4) is 0 Å². The SMILES string of the molecule is CCCn1c(NC(=O)c2cccc(NC(=O)OC(C)(C)C)c2)nc2cc(N(C)C(C)=O)ccc21. The second kappa shape index (κ2) is 9.94. The van der Waals surface area contributed by atoms with E-state index < -0.39 is 11.7 Å². The van der Waals surface area contributed by atoms with Crippen molar-refractivity contribution in [2.75, 3.05) is 22.6 Å². The van der Waals surface area contributed by atoms with Crippen molar-refractivity contribution in [2.45, 2.75) is 53.2 Å². The number of imidazole rings is 1. The van der Waals surface area contributed by atoms with Crippen molar-refractivity contribution in [3.63, 3.8) is 0 Å². The Labute approximate surface area is 199 Å². The van der Waals surface area contributed by atoms with Crippen molar-refractivity contribution < 1.29 is 19.1 Å². The molecule has 0 aliphatic rings. The number of hydrogen-bond acceptors (Lipinski definition) is 5. The first-order valence-electron chi connectivity index (χ1n) is 11.1. The van der Waals surface area contributed by atoms with Crippen LogP contribution in [0, 0.1) is 0 Å². The summed E-state index contributed by atoms with van der Waals surface area (Å²) in [5, 5.41) is 5.52. The Bertz CT molecular complexity index is 1230. The van der Waals surface area contributed by atoms with E-state index in [2.05, 4.69) is 15.6 Å². The Kier molecular flexibility index (Phi) is 7.24. The average molecular weight is 466 g/mol. The lowest BCUT2D eigenvalue weighted by Crippen LogP contribution is -2.27. The van der Waals surface area contributed by atoms with E-state index in [1.807, 2.05) is 29.7 Å². The highest BCUT2D eigenvalue weighted by molar-refractivity contribution is 6.05. The smallest absolute Gasteiger partial charge is 0.412 e. The van der Waals surface area contributed by atoms with E-state index >= 15 is 0 Å². The van der Waals surface area contributed by atoms with Crippen molar-refractivity contribution in [2.24, 2.45) is 0 Å².